The Morgan fingerprint density at radius 2 is 2.00 bits per heavy atom. The molecule has 0 aliphatic carbocycles. The first-order valence-corrected chi connectivity index (χ1v) is 9.60. The molecule has 2 saturated heterocycles. The quantitative estimate of drug-likeness (QED) is 0.932. The van der Waals surface area contributed by atoms with Gasteiger partial charge in [0.2, 0.25) is 5.91 Å². The van der Waals surface area contributed by atoms with Gasteiger partial charge in [0.05, 0.1) is 5.52 Å². The maximum atomic E-state index is 12.7. The largest absolute Gasteiger partial charge is 0.381 e. The Hall–Kier alpha value is -1.88. The molecule has 3 heterocycles. The SMILES string of the molecule is CCc1cccc2c(C3CCN(C(=O)C4CCOCC4)CC3)[nH]nc12. The third-order valence-electron chi connectivity index (χ3n) is 5.86. The lowest BCUT2D eigenvalue weighted by atomic mass is 9.89. The van der Waals surface area contributed by atoms with Crippen molar-refractivity contribution in [3.05, 3.63) is 29.5 Å². The molecule has 25 heavy (non-hydrogen) atoms. The molecule has 2 aliphatic rings. The van der Waals surface area contributed by atoms with Crippen molar-refractivity contribution in [2.24, 2.45) is 5.92 Å². The summed E-state index contributed by atoms with van der Waals surface area (Å²) in [6.45, 7) is 5.34. The van der Waals surface area contributed by atoms with Crippen LogP contribution in [0.2, 0.25) is 0 Å². The van der Waals surface area contributed by atoms with Crippen LogP contribution < -0.4 is 0 Å². The molecule has 5 heteroatoms. The third-order valence-corrected chi connectivity index (χ3v) is 5.86. The van der Waals surface area contributed by atoms with Gasteiger partial charge >= 0.3 is 0 Å². The number of nitrogens with zero attached hydrogens (tertiary/aromatic N) is 2. The summed E-state index contributed by atoms with van der Waals surface area (Å²) in [6, 6.07) is 6.46. The number of aryl methyl sites for hydroxylation is 1. The number of piperidine rings is 1. The molecule has 5 nitrogen and oxygen atoms in total. The van der Waals surface area contributed by atoms with Gasteiger partial charge in [-0.1, -0.05) is 25.1 Å². The number of aromatic amines is 1. The maximum Gasteiger partial charge on any atom is 0.225 e. The first kappa shape index (κ1) is 16.6. The van der Waals surface area contributed by atoms with Crippen molar-refractivity contribution < 1.29 is 9.53 Å². The molecular formula is C20H27N3O2. The van der Waals surface area contributed by atoms with E-state index >= 15 is 0 Å². The van der Waals surface area contributed by atoms with E-state index in [0.717, 1.165) is 63.9 Å². The average molecular weight is 341 g/mol. The number of rotatable bonds is 3. The van der Waals surface area contributed by atoms with Gasteiger partial charge in [0.15, 0.2) is 0 Å². The van der Waals surface area contributed by atoms with Gasteiger partial charge in [0.25, 0.3) is 0 Å². The van der Waals surface area contributed by atoms with Crippen LogP contribution in [-0.2, 0) is 16.0 Å². The fourth-order valence-electron chi connectivity index (χ4n) is 4.30. The predicted octanol–water partition coefficient (Wildman–Crippen LogP) is 3.26. The Kier molecular flexibility index (Phi) is 4.75. The summed E-state index contributed by atoms with van der Waals surface area (Å²) in [5.41, 5.74) is 3.66. The number of ether oxygens (including phenoxy) is 1. The normalized spacial score (nSPS) is 20.3. The fourth-order valence-corrected chi connectivity index (χ4v) is 4.30. The van der Waals surface area contributed by atoms with Crippen molar-refractivity contribution in [2.75, 3.05) is 26.3 Å². The first-order chi connectivity index (χ1) is 12.3. The van der Waals surface area contributed by atoms with Crippen LogP contribution in [0, 0.1) is 5.92 Å². The number of H-pyrrole nitrogens is 1. The van der Waals surface area contributed by atoms with Crippen molar-refractivity contribution in [3.63, 3.8) is 0 Å². The highest BCUT2D eigenvalue weighted by Gasteiger charge is 2.30. The van der Waals surface area contributed by atoms with Gasteiger partial charge < -0.3 is 9.64 Å². The van der Waals surface area contributed by atoms with Crippen LogP contribution in [0.25, 0.3) is 10.9 Å². The summed E-state index contributed by atoms with van der Waals surface area (Å²) in [5.74, 6) is 0.978. The van der Waals surface area contributed by atoms with Crippen molar-refractivity contribution >= 4 is 16.8 Å². The summed E-state index contributed by atoms with van der Waals surface area (Å²) in [4.78, 5) is 14.8. The standard InChI is InChI=1S/C20H27N3O2/c1-2-14-4-3-5-17-18(14)21-22-19(17)15-6-10-23(11-7-15)20(24)16-8-12-25-13-9-16/h3-5,15-16H,2,6-13H2,1H3,(H,21,22). The number of fused-ring (bicyclic) bond motifs is 1. The highest BCUT2D eigenvalue weighted by Crippen LogP contribution is 2.33. The molecule has 0 saturated carbocycles. The van der Waals surface area contributed by atoms with E-state index in [2.05, 4.69) is 40.2 Å². The first-order valence-electron chi connectivity index (χ1n) is 9.60. The topological polar surface area (TPSA) is 58.2 Å². The zero-order valence-corrected chi connectivity index (χ0v) is 15.0. The number of hydrogen-bond donors (Lipinski definition) is 1. The second-order valence-electron chi connectivity index (χ2n) is 7.29. The Labute approximate surface area is 148 Å². The zero-order valence-electron chi connectivity index (χ0n) is 15.0. The molecule has 1 N–H and O–H groups in total. The molecule has 2 aliphatic heterocycles. The van der Waals surface area contributed by atoms with Crippen LogP contribution in [-0.4, -0.2) is 47.3 Å². The number of carbonyl (C=O) groups is 1. The molecule has 2 fully saturated rings. The second kappa shape index (κ2) is 7.16. The smallest absolute Gasteiger partial charge is 0.225 e. The molecule has 2 aromatic rings. The van der Waals surface area contributed by atoms with E-state index in [9.17, 15) is 4.79 Å². The highest BCUT2D eigenvalue weighted by molar-refractivity contribution is 5.85. The van der Waals surface area contributed by atoms with E-state index in [-0.39, 0.29) is 5.92 Å². The predicted molar refractivity (Wildman–Crippen MR) is 97.6 cm³/mol. The lowest BCUT2D eigenvalue weighted by molar-refractivity contribution is -0.139. The Bertz CT molecular complexity index is 740. The fraction of sp³-hybridized carbons (Fsp3) is 0.600. The van der Waals surface area contributed by atoms with Crippen LogP contribution in [0.4, 0.5) is 0 Å². The highest BCUT2D eigenvalue weighted by atomic mass is 16.5. The van der Waals surface area contributed by atoms with Gasteiger partial charge in [-0.2, -0.15) is 5.10 Å². The minimum Gasteiger partial charge on any atom is -0.381 e. The molecule has 0 unspecified atom stereocenters. The van der Waals surface area contributed by atoms with Crippen LogP contribution in [0.15, 0.2) is 18.2 Å². The summed E-state index contributed by atoms with van der Waals surface area (Å²) in [6.07, 6.45) is 4.79. The Morgan fingerprint density at radius 3 is 2.72 bits per heavy atom. The number of amides is 1. The van der Waals surface area contributed by atoms with E-state index in [4.69, 9.17) is 4.74 Å². The van der Waals surface area contributed by atoms with Crippen LogP contribution in [0.1, 0.15) is 49.8 Å². The maximum absolute atomic E-state index is 12.7. The Morgan fingerprint density at radius 1 is 1.24 bits per heavy atom. The molecule has 4 rings (SSSR count). The average Bonchev–Trinajstić information content (AvgIpc) is 3.12. The monoisotopic (exact) mass is 341 g/mol. The van der Waals surface area contributed by atoms with Crippen molar-refractivity contribution in [1.82, 2.24) is 15.1 Å². The van der Waals surface area contributed by atoms with Gasteiger partial charge in [-0.05, 0) is 37.7 Å². The molecule has 134 valence electrons. The van der Waals surface area contributed by atoms with Gasteiger partial charge in [-0.3, -0.25) is 9.89 Å². The lowest BCUT2D eigenvalue weighted by Gasteiger charge is -2.35. The van der Waals surface area contributed by atoms with Gasteiger partial charge in [0, 0.05) is 49.2 Å². The minimum absolute atomic E-state index is 0.172. The number of nitrogens with one attached hydrogen (secondary N) is 1. The van der Waals surface area contributed by atoms with Crippen LogP contribution in [0.3, 0.4) is 0 Å². The van der Waals surface area contributed by atoms with E-state index in [1.165, 1.54) is 16.6 Å². The molecule has 1 amide bonds. The number of likely N-dealkylation sites (tertiary alicyclic amines) is 1. The number of aromatic nitrogens is 2. The van der Waals surface area contributed by atoms with Crippen molar-refractivity contribution in [2.45, 2.75) is 44.9 Å². The van der Waals surface area contributed by atoms with E-state index < -0.39 is 0 Å². The summed E-state index contributed by atoms with van der Waals surface area (Å²) < 4.78 is 5.38. The molecular weight excluding hydrogens is 314 g/mol. The summed E-state index contributed by atoms with van der Waals surface area (Å²) >= 11 is 0. The zero-order chi connectivity index (χ0) is 17.2. The van der Waals surface area contributed by atoms with Gasteiger partial charge in [-0.25, -0.2) is 0 Å². The van der Waals surface area contributed by atoms with E-state index in [1.807, 2.05) is 0 Å². The molecule has 1 aromatic carbocycles. The van der Waals surface area contributed by atoms with E-state index in [1.54, 1.807) is 0 Å². The number of para-hydroxylation sites is 1. The molecule has 0 spiro atoms. The van der Waals surface area contributed by atoms with Crippen molar-refractivity contribution in [1.29, 1.82) is 0 Å². The third kappa shape index (κ3) is 3.17. The molecule has 0 atom stereocenters. The van der Waals surface area contributed by atoms with Crippen LogP contribution in [0.5, 0.6) is 0 Å². The van der Waals surface area contributed by atoms with Crippen LogP contribution >= 0.6 is 0 Å². The minimum atomic E-state index is 0.172. The lowest BCUT2D eigenvalue weighted by Crippen LogP contribution is -2.42. The molecule has 1 aromatic heterocycles. The summed E-state index contributed by atoms with van der Waals surface area (Å²) in [7, 11) is 0. The van der Waals surface area contributed by atoms with Gasteiger partial charge in [0.1, 0.15) is 0 Å². The number of carbonyl (C=O) groups excluding carboxylic acids is 1. The summed E-state index contributed by atoms with van der Waals surface area (Å²) in [5, 5.41) is 9.13. The van der Waals surface area contributed by atoms with Crippen molar-refractivity contribution in [3.8, 4) is 0 Å². The molecule has 0 bridgehead atoms. The van der Waals surface area contributed by atoms with Gasteiger partial charge in [-0.15, -0.1) is 0 Å². The number of benzene rings is 1. The number of hydrogen-bond acceptors (Lipinski definition) is 3. The second-order valence-corrected chi connectivity index (χ2v) is 7.29. The Balaban J connectivity index is 1.44. The molecule has 0 radical (unpaired) electrons. The van der Waals surface area contributed by atoms with E-state index in [0.29, 0.717) is 11.8 Å².